The van der Waals surface area contributed by atoms with Crippen LogP contribution in [0.4, 0.5) is 0 Å². The normalized spacial score (nSPS) is 12.2. The van der Waals surface area contributed by atoms with Gasteiger partial charge in [-0.3, -0.25) is 0 Å². The fourth-order valence-electron chi connectivity index (χ4n) is 1.86. The van der Waals surface area contributed by atoms with Gasteiger partial charge in [0.2, 0.25) is 0 Å². The molecule has 2 rings (SSSR count). The first kappa shape index (κ1) is 15.3. The van der Waals surface area contributed by atoms with E-state index in [-0.39, 0.29) is 4.90 Å². The first-order valence-electron chi connectivity index (χ1n) is 6.73. The zero-order valence-electron chi connectivity index (χ0n) is 12.1. The summed E-state index contributed by atoms with van der Waals surface area (Å²) in [5.74, 6) is 0. The third-order valence-electron chi connectivity index (χ3n) is 3.07. The van der Waals surface area contributed by atoms with Gasteiger partial charge in [-0.1, -0.05) is 55.0 Å². The van der Waals surface area contributed by atoms with Crippen molar-refractivity contribution in [3.05, 3.63) is 65.7 Å². The summed E-state index contributed by atoms with van der Waals surface area (Å²) in [6.07, 6.45) is 0.639. The van der Waals surface area contributed by atoms with Crippen molar-refractivity contribution in [2.24, 2.45) is 5.10 Å². The summed E-state index contributed by atoms with van der Waals surface area (Å²) < 4.78 is 24.2. The standard InChI is InChI=1S/C16H18N2O2S/c1-3-16(14-11-9-13(2)10-12-14)17-18-21(19,20)15-7-5-4-6-8-15/h4-12,18H,3H2,1-2H3/b17-16+. The molecule has 0 saturated heterocycles. The average molecular weight is 302 g/mol. The van der Waals surface area contributed by atoms with Gasteiger partial charge in [-0.15, -0.1) is 0 Å². The highest BCUT2D eigenvalue weighted by Crippen LogP contribution is 2.09. The summed E-state index contributed by atoms with van der Waals surface area (Å²) in [4.78, 5) is 2.50. The lowest BCUT2D eigenvalue weighted by molar-refractivity contribution is 0.584. The minimum atomic E-state index is -3.62. The van der Waals surface area contributed by atoms with Gasteiger partial charge in [0.15, 0.2) is 0 Å². The summed E-state index contributed by atoms with van der Waals surface area (Å²) in [5.41, 5.74) is 2.77. The summed E-state index contributed by atoms with van der Waals surface area (Å²) in [6, 6.07) is 16.0. The lowest BCUT2D eigenvalue weighted by Gasteiger charge is -2.07. The Balaban J connectivity index is 2.24. The Morgan fingerprint density at radius 1 is 1.05 bits per heavy atom. The number of aryl methyl sites for hydroxylation is 1. The Morgan fingerprint density at radius 2 is 1.67 bits per heavy atom. The minimum absolute atomic E-state index is 0.202. The van der Waals surface area contributed by atoms with Gasteiger partial charge in [-0.05, 0) is 31.0 Å². The molecule has 0 bridgehead atoms. The predicted molar refractivity (Wildman–Crippen MR) is 84.8 cm³/mol. The van der Waals surface area contributed by atoms with Crippen molar-refractivity contribution in [1.82, 2.24) is 4.83 Å². The van der Waals surface area contributed by atoms with Crippen LogP contribution in [0.5, 0.6) is 0 Å². The highest BCUT2D eigenvalue weighted by atomic mass is 32.2. The molecule has 0 aliphatic heterocycles. The van der Waals surface area contributed by atoms with Gasteiger partial charge in [0, 0.05) is 0 Å². The zero-order chi connectivity index (χ0) is 15.3. The van der Waals surface area contributed by atoms with E-state index in [0.717, 1.165) is 11.1 Å². The zero-order valence-corrected chi connectivity index (χ0v) is 12.9. The van der Waals surface area contributed by atoms with E-state index in [2.05, 4.69) is 9.93 Å². The van der Waals surface area contributed by atoms with Gasteiger partial charge in [0.1, 0.15) is 0 Å². The molecule has 4 nitrogen and oxygen atoms in total. The van der Waals surface area contributed by atoms with Crippen molar-refractivity contribution in [3.63, 3.8) is 0 Å². The van der Waals surface area contributed by atoms with E-state index in [1.807, 2.05) is 38.1 Å². The Hall–Kier alpha value is -2.14. The van der Waals surface area contributed by atoms with E-state index < -0.39 is 10.0 Å². The Kier molecular flexibility index (Phi) is 4.75. The molecule has 0 unspecified atom stereocenters. The summed E-state index contributed by atoms with van der Waals surface area (Å²) in [6.45, 7) is 3.94. The van der Waals surface area contributed by atoms with Gasteiger partial charge in [-0.2, -0.15) is 18.4 Å². The van der Waals surface area contributed by atoms with Crippen molar-refractivity contribution in [2.45, 2.75) is 25.2 Å². The molecular weight excluding hydrogens is 284 g/mol. The summed E-state index contributed by atoms with van der Waals surface area (Å²) >= 11 is 0. The number of hydrogen-bond acceptors (Lipinski definition) is 3. The smallest absolute Gasteiger partial charge is 0.200 e. The molecule has 0 saturated carbocycles. The maximum atomic E-state index is 12.1. The Bertz CT molecular complexity index is 721. The molecule has 2 aromatic rings. The molecule has 5 heteroatoms. The molecule has 0 aliphatic carbocycles. The molecule has 2 aromatic carbocycles. The molecule has 0 heterocycles. The van der Waals surface area contributed by atoms with Crippen molar-refractivity contribution < 1.29 is 8.42 Å². The van der Waals surface area contributed by atoms with Crippen LogP contribution < -0.4 is 4.83 Å². The highest BCUT2D eigenvalue weighted by Gasteiger charge is 2.12. The third-order valence-corrected chi connectivity index (χ3v) is 4.30. The topological polar surface area (TPSA) is 58.5 Å². The number of rotatable bonds is 5. The molecule has 0 spiro atoms. The van der Waals surface area contributed by atoms with Crippen molar-refractivity contribution in [2.75, 3.05) is 0 Å². The molecule has 21 heavy (non-hydrogen) atoms. The molecule has 0 aliphatic rings. The number of benzene rings is 2. The van der Waals surface area contributed by atoms with Crippen LogP contribution >= 0.6 is 0 Å². The van der Waals surface area contributed by atoms with E-state index >= 15 is 0 Å². The number of hydrogen-bond donors (Lipinski definition) is 1. The van der Waals surface area contributed by atoms with Crippen LogP contribution in [0, 0.1) is 6.92 Å². The number of nitrogens with one attached hydrogen (secondary N) is 1. The van der Waals surface area contributed by atoms with Gasteiger partial charge >= 0.3 is 0 Å². The second-order valence-corrected chi connectivity index (χ2v) is 6.35. The van der Waals surface area contributed by atoms with Crippen LogP contribution in [-0.2, 0) is 10.0 Å². The van der Waals surface area contributed by atoms with Crippen molar-refractivity contribution in [1.29, 1.82) is 0 Å². The van der Waals surface area contributed by atoms with Gasteiger partial charge in [0.25, 0.3) is 10.0 Å². The number of sulfonamides is 1. The molecule has 0 aromatic heterocycles. The SMILES string of the molecule is CC/C(=N\NS(=O)(=O)c1ccccc1)c1ccc(C)cc1. The van der Waals surface area contributed by atoms with Crippen molar-refractivity contribution in [3.8, 4) is 0 Å². The van der Waals surface area contributed by atoms with E-state index in [1.165, 1.54) is 12.1 Å². The Labute approximate surface area is 125 Å². The predicted octanol–water partition coefficient (Wildman–Crippen LogP) is 3.09. The highest BCUT2D eigenvalue weighted by molar-refractivity contribution is 7.89. The monoisotopic (exact) mass is 302 g/mol. The Morgan fingerprint density at radius 3 is 2.24 bits per heavy atom. The van der Waals surface area contributed by atoms with Crippen molar-refractivity contribution >= 4 is 15.7 Å². The molecule has 0 radical (unpaired) electrons. The lowest BCUT2D eigenvalue weighted by Crippen LogP contribution is -2.20. The van der Waals surface area contributed by atoms with Crippen LogP contribution in [0.15, 0.2) is 64.6 Å². The van der Waals surface area contributed by atoms with E-state index in [4.69, 9.17) is 0 Å². The molecule has 0 amide bonds. The van der Waals surface area contributed by atoms with E-state index in [0.29, 0.717) is 12.1 Å². The fourth-order valence-corrected chi connectivity index (χ4v) is 2.71. The quantitative estimate of drug-likeness (QED) is 0.681. The fraction of sp³-hybridized carbons (Fsp3) is 0.188. The minimum Gasteiger partial charge on any atom is -0.200 e. The molecule has 0 fully saturated rings. The van der Waals surface area contributed by atoms with E-state index in [9.17, 15) is 8.42 Å². The first-order chi connectivity index (χ1) is 10.0. The maximum absolute atomic E-state index is 12.1. The largest absolute Gasteiger partial charge is 0.276 e. The van der Waals surface area contributed by atoms with E-state index in [1.54, 1.807) is 18.2 Å². The summed E-state index contributed by atoms with van der Waals surface area (Å²) in [7, 11) is -3.62. The second kappa shape index (κ2) is 6.54. The van der Waals surface area contributed by atoms with Gasteiger partial charge in [-0.25, -0.2) is 0 Å². The maximum Gasteiger partial charge on any atom is 0.276 e. The average Bonchev–Trinajstić information content (AvgIpc) is 2.50. The molecule has 0 atom stereocenters. The van der Waals surface area contributed by atoms with Crippen LogP contribution in [0.25, 0.3) is 0 Å². The van der Waals surface area contributed by atoms with Crippen LogP contribution in [-0.4, -0.2) is 14.1 Å². The second-order valence-electron chi connectivity index (χ2n) is 4.69. The van der Waals surface area contributed by atoms with Crippen LogP contribution in [0.3, 0.4) is 0 Å². The number of hydrazone groups is 1. The third kappa shape index (κ3) is 3.92. The van der Waals surface area contributed by atoms with Gasteiger partial charge < -0.3 is 0 Å². The first-order valence-corrected chi connectivity index (χ1v) is 8.21. The molecule has 110 valence electrons. The number of nitrogens with zero attached hydrogens (tertiary/aromatic N) is 1. The van der Waals surface area contributed by atoms with Crippen LogP contribution in [0.2, 0.25) is 0 Å². The summed E-state index contributed by atoms with van der Waals surface area (Å²) in [5, 5.41) is 4.07. The van der Waals surface area contributed by atoms with Gasteiger partial charge in [0.05, 0.1) is 10.6 Å². The molecule has 1 N–H and O–H groups in total. The lowest BCUT2D eigenvalue weighted by atomic mass is 10.1. The molecular formula is C16H18N2O2S. The van der Waals surface area contributed by atoms with Crippen LogP contribution in [0.1, 0.15) is 24.5 Å².